The van der Waals surface area contributed by atoms with Crippen molar-refractivity contribution in [1.29, 1.82) is 0 Å². The van der Waals surface area contributed by atoms with E-state index in [9.17, 15) is 4.57 Å². The second kappa shape index (κ2) is 10.1. The van der Waals surface area contributed by atoms with Gasteiger partial charge in [0.15, 0.2) is 0 Å². The summed E-state index contributed by atoms with van der Waals surface area (Å²) in [6.07, 6.45) is 0. The van der Waals surface area contributed by atoms with Crippen LogP contribution in [0, 0.1) is 0 Å². The fourth-order valence-electron chi connectivity index (χ4n) is 0.511. The lowest BCUT2D eigenvalue weighted by Gasteiger charge is -2.16. The van der Waals surface area contributed by atoms with Gasteiger partial charge in [-0.25, -0.2) is 4.57 Å². The van der Waals surface area contributed by atoms with Crippen LogP contribution >= 0.6 is 83.4 Å². The van der Waals surface area contributed by atoms with Crippen molar-refractivity contribution in [3.63, 3.8) is 0 Å². The van der Waals surface area contributed by atoms with Crippen molar-refractivity contribution in [3.8, 4) is 0 Å². The predicted molar refractivity (Wildman–Crippen MR) is 79.5 cm³/mol. The summed E-state index contributed by atoms with van der Waals surface area (Å²) in [5.74, 6) is 0. The highest BCUT2D eigenvalue weighted by Gasteiger charge is 2.28. The van der Waals surface area contributed by atoms with Gasteiger partial charge in [-0.2, -0.15) is 4.08 Å². The molecule has 0 aromatic carbocycles. The summed E-state index contributed by atoms with van der Waals surface area (Å²) < 4.78 is 26.0. The highest BCUT2D eigenvalue weighted by Crippen LogP contribution is 2.51. The van der Waals surface area contributed by atoms with E-state index in [-0.39, 0.29) is 22.9 Å². The molecule has 0 amide bonds. The molecule has 0 heterocycles. The van der Waals surface area contributed by atoms with Gasteiger partial charge in [0, 0.05) is 20.3 Å². The molecule has 0 bridgehead atoms. The van der Waals surface area contributed by atoms with Crippen LogP contribution in [0.25, 0.3) is 0 Å². The van der Waals surface area contributed by atoms with Crippen molar-refractivity contribution in [3.05, 3.63) is 0 Å². The average Bonchev–Trinajstić information content (AvgIpc) is 2.32. The van der Waals surface area contributed by atoms with E-state index in [1.807, 2.05) is 0 Å². The lowest BCUT2D eigenvalue weighted by molar-refractivity contribution is 0.164. The SMILES string of the molecule is O=P(OCl)(OCC(Br)CBr)OCC(Br)CBr. The summed E-state index contributed by atoms with van der Waals surface area (Å²) in [4.78, 5) is 0.0133. The normalized spacial score (nSPS) is 19.1. The Kier molecular flexibility index (Phi) is 11.6. The van der Waals surface area contributed by atoms with Gasteiger partial charge >= 0.3 is 7.82 Å². The predicted octanol–water partition coefficient (Wildman–Crippen LogP) is 4.61. The topological polar surface area (TPSA) is 44.8 Å². The Balaban J connectivity index is 4.05. The average molecular weight is 532 g/mol. The second-order valence-electron chi connectivity index (χ2n) is 2.61. The third-order valence-corrected chi connectivity index (χ3v) is 7.33. The van der Waals surface area contributed by atoms with Crippen LogP contribution < -0.4 is 0 Å². The van der Waals surface area contributed by atoms with Crippen LogP contribution in [0.5, 0.6) is 0 Å². The molecule has 0 N–H and O–H groups in total. The third kappa shape index (κ3) is 8.43. The van der Waals surface area contributed by atoms with Gasteiger partial charge in [-0.05, 0) is 0 Å². The molecule has 0 aliphatic heterocycles. The van der Waals surface area contributed by atoms with E-state index >= 15 is 0 Å². The van der Waals surface area contributed by atoms with Crippen LogP contribution in [-0.2, 0) is 17.7 Å². The highest BCUT2D eigenvalue weighted by molar-refractivity contribution is 9.12. The summed E-state index contributed by atoms with van der Waals surface area (Å²) in [5, 5.41) is 1.30. The van der Waals surface area contributed by atoms with Gasteiger partial charge in [-0.3, -0.25) is 9.05 Å². The Hall–Kier alpha value is 2.32. The molecule has 0 radical (unpaired) electrons. The van der Waals surface area contributed by atoms with Gasteiger partial charge in [0.05, 0.1) is 25.1 Å². The number of phosphoric ester groups is 1. The minimum Gasteiger partial charge on any atom is -0.285 e. The minimum atomic E-state index is -3.67. The molecule has 0 aliphatic carbocycles. The molecule has 0 saturated heterocycles. The first-order chi connectivity index (χ1) is 7.47. The van der Waals surface area contributed by atoms with E-state index in [4.69, 9.17) is 20.9 Å². The van der Waals surface area contributed by atoms with E-state index in [0.717, 1.165) is 0 Å². The van der Waals surface area contributed by atoms with Crippen molar-refractivity contribution in [2.45, 2.75) is 9.65 Å². The zero-order valence-electron chi connectivity index (χ0n) is 7.95. The van der Waals surface area contributed by atoms with Gasteiger partial charge in [0.25, 0.3) is 0 Å². The van der Waals surface area contributed by atoms with Gasteiger partial charge < -0.3 is 0 Å². The van der Waals surface area contributed by atoms with Crippen LogP contribution in [-0.4, -0.2) is 33.5 Å². The molecule has 98 valence electrons. The van der Waals surface area contributed by atoms with Gasteiger partial charge in [-0.15, -0.1) is 0 Å². The largest absolute Gasteiger partial charge is 0.491 e. The van der Waals surface area contributed by atoms with Crippen molar-refractivity contribution < 1.29 is 17.7 Å². The summed E-state index contributed by atoms with van der Waals surface area (Å²) >= 11 is 18.1. The van der Waals surface area contributed by atoms with Crippen molar-refractivity contribution in [1.82, 2.24) is 0 Å². The Morgan fingerprint density at radius 1 is 1.06 bits per heavy atom. The van der Waals surface area contributed by atoms with Gasteiger partial charge in [-0.1, -0.05) is 63.7 Å². The van der Waals surface area contributed by atoms with E-state index < -0.39 is 7.82 Å². The molecule has 0 saturated carbocycles. The van der Waals surface area contributed by atoms with Crippen LogP contribution in [0.3, 0.4) is 0 Å². The van der Waals surface area contributed by atoms with Crippen LogP contribution in [0.4, 0.5) is 0 Å². The number of hydrogen-bond donors (Lipinski definition) is 0. The maximum absolute atomic E-state index is 11.8. The fraction of sp³-hybridized carbons (Fsp3) is 1.00. The summed E-state index contributed by atoms with van der Waals surface area (Å²) in [5.41, 5.74) is 0. The Bertz CT molecular complexity index is 217. The van der Waals surface area contributed by atoms with E-state index in [1.165, 1.54) is 0 Å². The van der Waals surface area contributed by atoms with Crippen molar-refractivity contribution >= 4 is 83.4 Å². The van der Waals surface area contributed by atoms with Crippen LogP contribution in [0.2, 0.25) is 0 Å². The number of halogens is 5. The summed E-state index contributed by atoms with van der Waals surface area (Å²) in [6, 6.07) is 0. The molecule has 0 aromatic rings. The lowest BCUT2D eigenvalue weighted by Crippen LogP contribution is -2.13. The van der Waals surface area contributed by atoms with E-state index in [2.05, 4.69) is 67.8 Å². The monoisotopic (exact) mass is 528 g/mol. The standard InChI is InChI=1S/C6H10Br4ClO4P/c7-1-5(9)3-13-16(12,15-11)14-4-6(10)2-8/h5-6H,1-4H2. The first-order valence-corrected chi connectivity index (χ1v) is 9.91. The Labute approximate surface area is 133 Å². The van der Waals surface area contributed by atoms with E-state index in [1.54, 1.807) is 0 Å². The summed E-state index contributed by atoms with van der Waals surface area (Å²) in [6.45, 7) is 0.326. The third-order valence-electron chi connectivity index (χ3n) is 1.25. The Morgan fingerprint density at radius 3 is 1.69 bits per heavy atom. The molecule has 0 fully saturated rings. The van der Waals surface area contributed by atoms with Gasteiger partial charge in [0.1, 0.15) is 0 Å². The molecule has 0 spiro atoms. The molecule has 2 atom stereocenters. The molecule has 0 aliphatic rings. The quantitative estimate of drug-likeness (QED) is 0.322. The molecule has 0 aromatic heterocycles. The highest BCUT2D eigenvalue weighted by atomic mass is 79.9. The molecular weight excluding hydrogens is 522 g/mol. The van der Waals surface area contributed by atoms with Crippen molar-refractivity contribution in [2.24, 2.45) is 0 Å². The maximum Gasteiger partial charge on any atom is 0.491 e. The molecule has 10 heteroatoms. The molecular formula is C6H10Br4ClO4P. The molecule has 16 heavy (non-hydrogen) atoms. The van der Waals surface area contributed by atoms with E-state index in [0.29, 0.717) is 10.7 Å². The smallest absolute Gasteiger partial charge is 0.285 e. The fourth-order valence-corrected chi connectivity index (χ4v) is 2.68. The number of hydrogen-bond acceptors (Lipinski definition) is 4. The number of alkyl halides is 4. The second-order valence-corrected chi connectivity index (χ2v) is 8.46. The number of phosphoric acid groups is 1. The Morgan fingerprint density at radius 2 is 1.44 bits per heavy atom. The van der Waals surface area contributed by atoms with Crippen LogP contribution in [0.1, 0.15) is 0 Å². The number of rotatable bonds is 9. The first kappa shape index (κ1) is 18.3. The maximum atomic E-state index is 11.8. The van der Waals surface area contributed by atoms with Crippen LogP contribution in [0.15, 0.2) is 0 Å². The van der Waals surface area contributed by atoms with Gasteiger partial charge in [0.2, 0.25) is 0 Å². The molecule has 0 rings (SSSR count). The zero-order valence-corrected chi connectivity index (χ0v) is 15.9. The minimum absolute atomic E-state index is 0.00665. The lowest BCUT2D eigenvalue weighted by atomic mass is 10.5. The van der Waals surface area contributed by atoms with Crippen molar-refractivity contribution in [2.75, 3.05) is 23.9 Å². The molecule has 2 unspecified atom stereocenters. The molecule has 4 nitrogen and oxygen atoms in total. The zero-order chi connectivity index (χ0) is 12.6. The first-order valence-electron chi connectivity index (χ1n) is 4.07. The summed E-state index contributed by atoms with van der Waals surface area (Å²) in [7, 11) is -3.67.